The van der Waals surface area contributed by atoms with Gasteiger partial charge in [-0.2, -0.15) is 0 Å². The third-order valence-electron chi connectivity index (χ3n) is 6.35. The van der Waals surface area contributed by atoms with Crippen LogP contribution in [0, 0.1) is 6.92 Å². The van der Waals surface area contributed by atoms with Crippen molar-refractivity contribution in [2.24, 2.45) is 0 Å². The zero-order valence-electron chi connectivity index (χ0n) is 18.4. The van der Waals surface area contributed by atoms with Crippen LogP contribution in [0.5, 0.6) is 0 Å². The van der Waals surface area contributed by atoms with Gasteiger partial charge in [0.05, 0.1) is 21.6 Å². The van der Waals surface area contributed by atoms with E-state index in [2.05, 4.69) is 0 Å². The molecule has 30 heavy (non-hydrogen) atoms. The average Bonchev–Trinajstić information content (AvgIpc) is 3.13. The lowest BCUT2D eigenvalue weighted by Crippen LogP contribution is -2.41. The first-order chi connectivity index (χ1) is 14.0. The Labute approximate surface area is 179 Å². The Bertz CT molecular complexity index is 1190. The molecule has 158 valence electrons. The van der Waals surface area contributed by atoms with Gasteiger partial charge in [-0.25, -0.2) is 12.4 Å². The van der Waals surface area contributed by atoms with E-state index in [0.717, 1.165) is 22.8 Å². The van der Waals surface area contributed by atoms with Crippen LogP contribution in [0.4, 0.5) is 0 Å². The molecule has 4 rings (SSSR count). The molecule has 0 N–H and O–H groups in total. The molecular formula is C23H28BNO4S. The van der Waals surface area contributed by atoms with Crippen molar-refractivity contribution in [2.45, 2.75) is 64.1 Å². The normalized spacial score (nSPS) is 18.3. The van der Waals surface area contributed by atoms with Crippen molar-refractivity contribution in [3.8, 4) is 0 Å². The highest BCUT2D eigenvalue weighted by molar-refractivity contribution is 7.90. The highest BCUT2D eigenvalue weighted by Gasteiger charge is 2.51. The van der Waals surface area contributed by atoms with Gasteiger partial charge in [-0.1, -0.05) is 31.2 Å². The Morgan fingerprint density at radius 2 is 1.53 bits per heavy atom. The lowest BCUT2D eigenvalue weighted by molar-refractivity contribution is 0.00578. The van der Waals surface area contributed by atoms with Crippen LogP contribution < -0.4 is 5.46 Å². The number of aryl methyl sites for hydroxylation is 2. The number of nitrogens with zero attached hydrogens (tertiary/aromatic N) is 1. The fourth-order valence-electron chi connectivity index (χ4n) is 3.79. The Kier molecular flexibility index (Phi) is 4.92. The number of hydrogen-bond acceptors (Lipinski definition) is 4. The zero-order valence-corrected chi connectivity index (χ0v) is 19.2. The molecule has 2 aromatic carbocycles. The summed E-state index contributed by atoms with van der Waals surface area (Å²) in [4.78, 5) is 0.287. The topological polar surface area (TPSA) is 57.5 Å². The number of benzene rings is 2. The molecule has 0 spiro atoms. The first-order valence-electron chi connectivity index (χ1n) is 10.3. The Morgan fingerprint density at radius 3 is 2.10 bits per heavy atom. The number of hydrogen-bond donors (Lipinski definition) is 0. The Morgan fingerprint density at radius 1 is 0.933 bits per heavy atom. The summed E-state index contributed by atoms with van der Waals surface area (Å²) >= 11 is 0. The average molecular weight is 425 g/mol. The van der Waals surface area contributed by atoms with Crippen LogP contribution in [0.1, 0.15) is 45.9 Å². The van der Waals surface area contributed by atoms with Gasteiger partial charge < -0.3 is 9.31 Å². The van der Waals surface area contributed by atoms with Gasteiger partial charge in [0.2, 0.25) is 0 Å². The van der Waals surface area contributed by atoms with E-state index in [9.17, 15) is 8.42 Å². The summed E-state index contributed by atoms with van der Waals surface area (Å²) in [6, 6.07) is 14.7. The van der Waals surface area contributed by atoms with E-state index in [1.54, 1.807) is 12.1 Å². The van der Waals surface area contributed by atoms with Gasteiger partial charge in [0, 0.05) is 11.1 Å². The summed E-state index contributed by atoms with van der Waals surface area (Å²) in [6.07, 6.45) is 0.869. The Balaban J connectivity index is 1.76. The van der Waals surface area contributed by atoms with Crippen molar-refractivity contribution in [1.82, 2.24) is 3.97 Å². The van der Waals surface area contributed by atoms with Gasteiger partial charge in [-0.05, 0) is 76.3 Å². The molecule has 0 aliphatic carbocycles. The van der Waals surface area contributed by atoms with Crippen molar-refractivity contribution >= 4 is 33.5 Å². The van der Waals surface area contributed by atoms with Crippen molar-refractivity contribution in [2.75, 3.05) is 0 Å². The molecular weight excluding hydrogens is 397 g/mol. The maximum absolute atomic E-state index is 13.4. The predicted octanol–water partition coefficient (Wildman–Crippen LogP) is 4.05. The van der Waals surface area contributed by atoms with Gasteiger partial charge >= 0.3 is 7.12 Å². The second-order valence-corrected chi connectivity index (χ2v) is 10.7. The fourth-order valence-corrected chi connectivity index (χ4v) is 5.34. The molecule has 3 aromatic rings. The summed E-state index contributed by atoms with van der Waals surface area (Å²) in [6.45, 7) is 11.9. The van der Waals surface area contributed by atoms with Crippen LogP contribution >= 0.6 is 0 Å². The summed E-state index contributed by atoms with van der Waals surface area (Å²) in [5, 5.41) is 0.841. The smallest absolute Gasteiger partial charge is 0.399 e. The first kappa shape index (κ1) is 21.2. The quantitative estimate of drug-likeness (QED) is 0.592. The molecule has 5 nitrogen and oxygen atoms in total. The minimum absolute atomic E-state index is 0.287. The minimum Gasteiger partial charge on any atom is -0.399 e. The molecule has 0 unspecified atom stereocenters. The van der Waals surface area contributed by atoms with Crippen LogP contribution in [0.25, 0.3) is 10.9 Å². The molecule has 0 bridgehead atoms. The molecule has 1 aromatic heterocycles. The van der Waals surface area contributed by atoms with Crippen molar-refractivity contribution in [3.05, 3.63) is 59.8 Å². The van der Waals surface area contributed by atoms with Crippen LogP contribution in [-0.4, -0.2) is 30.7 Å². The van der Waals surface area contributed by atoms with E-state index in [1.807, 2.05) is 77.9 Å². The van der Waals surface area contributed by atoms with Gasteiger partial charge in [0.1, 0.15) is 0 Å². The minimum atomic E-state index is -3.69. The van der Waals surface area contributed by atoms with Crippen LogP contribution in [0.2, 0.25) is 0 Å². The molecule has 1 aliphatic heterocycles. The maximum Gasteiger partial charge on any atom is 0.494 e. The standard InChI is InChI=1S/C23H28BNO4S/c1-7-17-8-11-20(12-9-17)30(26,27)25-16(2)14-18-15-19(10-13-21(18)25)24-28-22(3,4)23(5,6)29-24/h8-15H,7H2,1-6H3. The van der Waals surface area contributed by atoms with Crippen LogP contribution in [0.3, 0.4) is 0 Å². The van der Waals surface area contributed by atoms with E-state index >= 15 is 0 Å². The largest absolute Gasteiger partial charge is 0.494 e. The van der Waals surface area contributed by atoms with E-state index < -0.39 is 28.3 Å². The summed E-state index contributed by atoms with van der Waals surface area (Å²) in [5.74, 6) is 0. The molecule has 0 amide bonds. The third kappa shape index (κ3) is 3.29. The summed E-state index contributed by atoms with van der Waals surface area (Å²) in [7, 11) is -4.18. The van der Waals surface area contributed by atoms with Gasteiger partial charge in [0.15, 0.2) is 0 Å². The molecule has 0 radical (unpaired) electrons. The SMILES string of the molecule is CCc1ccc(S(=O)(=O)n2c(C)cc3cc(B4OC(C)(C)C(C)(C)O4)ccc32)cc1. The molecule has 1 fully saturated rings. The molecule has 0 saturated carbocycles. The van der Waals surface area contributed by atoms with Gasteiger partial charge in [-0.15, -0.1) is 0 Å². The highest BCUT2D eigenvalue weighted by Crippen LogP contribution is 2.36. The monoisotopic (exact) mass is 425 g/mol. The van der Waals surface area contributed by atoms with E-state index in [1.165, 1.54) is 3.97 Å². The third-order valence-corrected chi connectivity index (χ3v) is 8.18. The van der Waals surface area contributed by atoms with E-state index in [-0.39, 0.29) is 4.90 Å². The molecule has 2 heterocycles. The Hall–Kier alpha value is -2.09. The summed E-state index contributed by atoms with van der Waals surface area (Å²) < 4.78 is 40.4. The lowest BCUT2D eigenvalue weighted by Gasteiger charge is -2.32. The highest BCUT2D eigenvalue weighted by atomic mass is 32.2. The zero-order chi connectivity index (χ0) is 21.9. The molecule has 0 atom stereocenters. The molecule has 1 saturated heterocycles. The number of aromatic nitrogens is 1. The fraction of sp³-hybridized carbons (Fsp3) is 0.391. The first-order valence-corrected chi connectivity index (χ1v) is 11.7. The molecule has 1 aliphatic rings. The number of rotatable bonds is 4. The van der Waals surface area contributed by atoms with Gasteiger partial charge in [0.25, 0.3) is 10.0 Å². The van der Waals surface area contributed by atoms with Crippen LogP contribution in [-0.2, 0) is 25.8 Å². The van der Waals surface area contributed by atoms with Crippen molar-refractivity contribution < 1.29 is 17.7 Å². The molecule has 7 heteroatoms. The number of fused-ring (bicyclic) bond motifs is 1. The lowest BCUT2D eigenvalue weighted by atomic mass is 9.79. The van der Waals surface area contributed by atoms with Crippen molar-refractivity contribution in [1.29, 1.82) is 0 Å². The second-order valence-electron chi connectivity index (χ2n) is 8.96. The van der Waals surface area contributed by atoms with Crippen molar-refractivity contribution in [3.63, 3.8) is 0 Å². The van der Waals surface area contributed by atoms with Gasteiger partial charge in [-0.3, -0.25) is 0 Å². The summed E-state index contributed by atoms with van der Waals surface area (Å²) in [5.41, 5.74) is 2.44. The van der Waals surface area contributed by atoms with E-state index in [0.29, 0.717) is 11.2 Å². The maximum atomic E-state index is 13.4. The van der Waals surface area contributed by atoms with Crippen LogP contribution in [0.15, 0.2) is 53.4 Å². The van der Waals surface area contributed by atoms with E-state index in [4.69, 9.17) is 9.31 Å². The predicted molar refractivity (Wildman–Crippen MR) is 121 cm³/mol. The second kappa shape index (κ2) is 6.97.